The largest absolute Gasteiger partial charge is 0.487 e. The fourth-order valence-electron chi connectivity index (χ4n) is 2.39. The lowest BCUT2D eigenvalue weighted by molar-refractivity contribution is 0.306. The number of para-hydroxylation sites is 1. The predicted molar refractivity (Wildman–Crippen MR) is 81.7 cm³/mol. The van der Waals surface area contributed by atoms with E-state index in [0.717, 1.165) is 40.9 Å². The van der Waals surface area contributed by atoms with E-state index in [9.17, 15) is 4.39 Å². The summed E-state index contributed by atoms with van der Waals surface area (Å²) in [5.41, 5.74) is 3.32. The standard InChI is InChI=1S/C16H15BrFNO/c17-14-9-13(18)7-6-12(14)10-20-15-5-1-3-11-4-2-8-19-16(11)15/h1,3,5-7,9,19H,2,4,8,10H2. The summed E-state index contributed by atoms with van der Waals surface area (Å²) < 4.78 is 19.7. The second-order valence-corrected chi connectivity index (χ2v) is 5.70. The van der Waals surface area contributed by atoms with Crippen LogP contribution in [0.3, 0.4) is 0 Å². The summed E-state index contributed by atoms with van der Waals surface area (Å²) in [6.07, 6.45) is 2.24. The average Bonchev–Trinajstić information content (AvgIpc) is 2.46. The lowest BCUT2D eigenvalue weighted by Gasteiger charge is -2.21. The highest BCUT2D eigenvalue weighted by Crippen LogP contribution is 2.33. The topological polar surface area (TPSA) is 21.3 Å². The number of ether oxygens (including phenoxy) is 1. The van der Waals surface area contributed by atoms with Gasteiger partial charge < -0.3 is 10.1 Å². The third-order valence-corrected chi connectivity index (χ3v) is 4.17. The van der Waals surface area contributed by atoms with E-state index in [-0.39, 0.29) is 5.82 Å². The van der Waals surface area contributed by atoms with Crippen molar-refractivity contribution in [1.29, 1.82) is 0 Å². The van der Waals surface area contributed by atoms with E-state index in [1.54, 1.807) is 6.07 Å². The van der Waals surface area contributed by atoms with E-state index in [4.69, 9.17) is 4.74 Å². The molecule has 0 saturated carbocycles. The molecule has 1 heterocycles. The first-order chi connectivity index (χ1) is 9.74. The highest BCUT2D eigenvalue weighted by molar-refractivity contribution is 9.10. The highest BCUT2D eigenvalue weighted by atomic mass is 79.9. The van der Waals surface area contributed by atoms with Crippen molar-refractivity contribution in [3.8, 4) is 5.75 Å². The van der Waals surface area contributed by atoms with Crippen molar-refractivity contribution in [3.63, 3.8) is 0 Å². The zero-order valence-corrected chi connectivity index (χ0v) is 12.5. The Morgan fingerprint density at radius 1 is 1.25 bits per heavy atom. The molecule has 1 aliphatic rings. The van der Waals surface area contributed by atoms with Crippen LogP contribution in [0.5, 0.6) is 5.75 Å². The van der Waals surface area contributed by atoms with Crippen LogP contribution in [0.15, 0.2) is 40.9 Å². The predicted octanol–water partition coefficient (Wildman–Crippen LogP) is 4.53. The smallest absolute Gasteiger partial charge is 0.143 e. The summed E-state index contributed by atoms with van der Waals surface area (Å²) in [5, 5.41) is 3.39. The van der Waals surface area contributed by atoms with E-state index in [2.05, 4.69) is 27.3 Å². The van der Waals surface area contributed by atoms with Gasteiger partial charge in [-0.1, -0.05) is 34.1 Å². The van der Waals surface area contributed by atoms with Crippen LogP contribution in [0.2, 0.25) is 0 Å². The van der Waals surface area contributed by atoms with Gasteiger partial charge in [-0.3, -0.25) is 0 Å². The second kappa shape index (κ2) is 5.83. The molecule has 0 aliphatic carbocycles. The molecule has 0 aromatic heterocycles. The maximum Gasteiger partial charge on any atom is 0.143 e. The number of halogens is 2. The lowest BCUT2D eigenvalue weighted by atomic mass is 10.0. The van der Waals surface area contributed by atoms with E-state index < -0.39 is 0 Å². The van der Waals surface area contributed by atoms with Crippen LogP contribution >= 0.6 is 15.9 Å². The molecule has 1 N–H and O–H groups in total. The molecule has 2 aromatic carbocycles. The van der Waals surface area contributed by atoms with Gasteiger partial charge in [0.1, 0.15) is 18.2 Å². The zero-order valence-electron chi connectivity index (χ0n) is 11.0. The molecule has 0 amide bonds. The number of nitrogens with one attached hydrogen (secondary N) is 1. The van der Waals surface area contributed by atoms with Crippen LogP contribution in [-0.4, -0.2) is 6.54 Å². The Morgan fingerprint density at radius 2 is 2.15 bits per heavy atom. The highest BCUT2D eigenvalue weighted by Gasteiger charge is 2.13. The maximum absolute atomic E-state index is 13.1. The first-order valence-corrected chi connectivity index (χ1v) is 7.46. The molecule has 0 radical (unpaired) electrons. The number of anilines is 1. The van der Waals surface area contributed by atoms with Gasteiger partial charge in [0, 0.05) is 16.6 Å². The minimum absolute atomic E-state index is 0.251. The van der Waals surface area contributed by atoms with Gasteiger partial charge in [0.2, 0.25) is 0 Å². The van der Waals surface area contributed by atoms with Gasteiger partial charge in [0.25, 0.3) is 0 Å². The van der Waals surface area contributed by atoms with Crippen LogP contribution < -0.4 is 10.1 Å². The zero-order chi connectivity index (χ0) is 13.9. The minimum Gasteiger partial charge on any atom is -0.487 e. The molecular weight excluding hydrogens is 321 g/mol. The molecule has 1 aliphatic heterocycles. The van der Waals surface area contributed by atoms with Gasteiger partial charge in [0.05, 0.1) is 5.69 Å². The summed E-state index contributed by atoms with van der Waals surface area (Å²) in [4.78, 5) is 0. The first-order valence-electron chi connectivity index (χ1n) is 6.66. The molecule has 0 saturated heterocycles. The van der Waals surface area contributed by atoms with Crippen molar-refractivity contribution >= 4 is 21.6 Å². The van der Waals surface area contributed by atoms with Gasteiger partial charge in [-0.15, -0.1) is 0 Å². The first kappa shape index (κ1) is 13.4. The van der Waals surface area contributed by atoms with Crippen molar-refractivity contribution in [2.75, 3.05) is 11.9 Å². The Balaban J connectivity index is 1.78. The van der Waals surface area contributed by atoms with Gasteiger partial charge in [-0.2, -0.15) is 0 Å². The fourth-order valence-corrected chi connectivity index (χ4v) is 2.86. The normalized spacial score (nSPS) is 13.5. The monoisotopic (exact) mass is 335 g/mol. The van der Waals surface area contributed by atoms with E-state index in [1.807, 2.05) is 12.1 Å². The van der Waals surface area contributed by atoms with Crippen molar-refractivity contribution in [3.05, 3.63) is 57.8 Å². The maximum atomic E-state index is 13.1. The van der Waals surface area contributed by atoms with Gasteiger partial charge >= 0.3 is 0 Å². The fraction of sp³-hybridized carbons (Fsp3) is 0.250. The number of rotatable bonds is 3. The molecule has 3 rings (SSSR count). The third-order valence-electron chi connectivity index (χ3n) is 3.44. The molecule has 2 aromatic rings. The van der Waals surface area contributed by atoms with Crippen molar-refractivity contribution in [2.24, 2.45) is 0 Å². The molecule has 2 nitrogen and oxygen atoms in total. The summed E-state index contributed by atoms with van der Waals surface area (Å²) in [5.74, 6) is 0.609. The average molecular weight is 336 g/mol. The Kier molecular flexibility index (Phi) is 3.92. The van der Waals surface area contributed by atoms with Crippen molar-refractivity contribution in [2.45, 2.75) is 19.4 Å². The molecule has 0 atom stereocenters. The van der Waals surface area contributed by atoms with Gasteiger partial charge in [0.15, 0.2) is 0 Å². The number of hydrogen-bond acceptors (Lipinski definition) is 2. The molecule has 4 heteroatoms. The molecule has 104 valence electrons. The number of hydrogen-bond donors (Lipinski definition) is 1. The minimum atomic E-state index is -0.251. The summed E-state index contributed by atoms with van der Waals surface area (Å²) >= 11 is 3.36. The molecule has 20 heavy (non-hydrogen) atoms. The van der Waals surface area contributed by atoms with Crippen LogP contribution in [0.25, 0.3) is 0 Å². The van der Waals surface area contributed by atoms with E-state index in [0.29, 0.717) is 6.61 Å². The number of benzene rings is 2. The van der Waals surface area contributed by atoms with Crippen LogP contribution in [0.1, 0.15) is 17.5 Å². The second-order valence-electron chi connectivity index (χ2n) is 4.85. The molecule has 0 fully saturated rings. The number of fused-ring (bicyclic) bond motifs is 1. The van der Waals surface area contributed by atoms with Gasteiger partial charge in [-0.25, -0.2) is 4.39 Å². The van der Waals surface area contributed by atoms with Crippen LogP contribution in [0.4, 0.5) is 10.1 Å². The Bertz CT molecular complexity index is 630. The number of aryl methyl sites for hydroxylation is 1. The molecule has 0 unspecified atom stereocenters. The van der Waals surface area contributed by atoms with Gasteiger partial charge in [-0.05, 0) is 36.6 Å². The van der Waals surface area contributed by atoms with Crippen LogP contribution in [-0.2, 0) is 13.0 Å². The lowest BCUT2D eigenvalue weighted by Crippen LogP contribution is -2.13. The van der Waals surface area contributed by atoms with Crippen molar-refractivity contribution in [1.82, 2.24) is 0 Å². The summed E-state index contributed by atoms with van der Waals surface area (Å²) in [7, 11) is 0. The van der Waals surface area contributed by atoms with E-state index >= 15 is 0 Å². The molecule has 0 bridgehead atoms. The quantitative estimate of drug-likeness (QED) is 0.889. The Morgan fingerprint density at radius 3 is 3.00 bits per heavy atom. The molecule has 0 spiro atoms. The Hall–Kier alpha value is -1.55. The summed E-state index contributed by atoms with van der Waals surface area (Å²) in [6.45, 7) is 1.40. The summed E-state index contributed by atoms with van der Waals surface area (Å²) in [6, 6.07) is 10.7. The molecular formula is C16H15BrFNO. The third kappa shape index (κ3) is 2.80. The van der Waals surface area contributed by atoms with Crippen LogP contribution in [0, 0.1) is 5.82 Å². The Labute approximate surface area is 126 Å². The van der Waals surface area contributed by atoms with E-state index in [1.165, 1.54) is 17.7 Å². The van der Waals surface area contributed by atoms with Crippen molar-refractivity contribution < 1.29 is 9.13 Å². The SMILES string of the molecule is Fc1ccc(COc2cccc3c2NCCC3)c(Br)c1.